The summed E-state index contributed by atoms with van der Waals surface area (Å²) < 4.78 is 12.8. The zero-order valence-electron chi connectivity index (χ0n) is 17.5. The lowest BCUT2D eigenvalue weighted by Gasteiger charge is -2.08. The molecule has 2 N–H and O–H groups in total. The minimum absolute atomic E-state index is 0.0655. The molecule has 0 aliphatic rings. The number of nitrogens with one attached hydrogen (secondary N) is 1. The lowest BCUT2D eigenvalue weighted by Crippen LogP contribution is -2.08. The summed E-state index contributed by atoms with van der Waals surface area (Å²) in [7, 11) is 1.61. The maximum atomic E-state index is 12.7. The highest BCUT2D eigenvalue weighted by atomic mass is 79.9. The van der Waals surface area contributed by atoms with E-state index in [1.165, 1.54) is 18.2 Å². The van der Waals surface area contributed by atoms with Crippen molar-refractivity contribution < 1.29 is 24.0 Å². The fourth-order valence-electron chi connectivity index (χ4n) is 3.33. The molecule has 0 saturated carbocycles. The summed E-state index contributed by atoms with van der Waals surface area (Å²) in [5.74, 6) is -0.131. The van der Waals surface area contributed by atoms with Gasteiger partial charge in [0.25, 0.3) is 5.69 Å². The second-order valence-electron chi connectivity index (χ2n) is 7.09. The Bertz CT molecular complexity index is 1420. The van der Waals surface area contributed by atoms with Crippen LogP contribution in [0.15, 0.2) is 80.1 Å². The van der Waals surface area contributed by atoms with Gasteiger partial charge in [-0.1, -0.05) is 24.3 Å². The summed E-state index contributed by atoms with van der Waals surface area (Å²) in [6.45, 7) is 0. The number of aromatic hydroxyl groups is 1. The number of ether oxygens (including phenoxy) is 1. The quantitative estimate of drug-likeness (QED) is 0.108. The van der Waals surface area contributed by atoms with Crippen LogP contribution in [-0.4, -0.2) is 23.0 Å². The number of benzene rings is 3. The van der Waals surface area contributed by atoms with Crippen LogP contribution in [-0.2, 0) is 0 Å². The first-order chi connectivity index (χ1) is 16.3. The van der Waals surface area contributed by atoms with Gasteiger partial charge in [0, 0.05) is 33.7 Å². The number of carbonyl (C=O) groups excluding carboxylic acids is 1. The molecular formula is C24H16Br2N2O6. The number of nitro benzene ring substituents is 1. The molecule has 4 rings (SSSR count). The Balaban J connectivity index is 1.70. The second kappa shape index (κ2) is 9.70. The maximum Gasteiger partial charge on any atom is 0.343 e. The van der Waals surface area contributed by atoms with Crippen LogP contribution in [0.25, 0.3) is 22.5 Å². The predicted octanol–water partition coefficient (Wildman–Crippen LogP) is 7.01. The predicted molar refractivity (Wildman–Crippen MR) is 134 cm³/mol. The molecule has 0 atom stereocenters. The van der Waals surface area contributed by atoms with Crippen molar-refractivity contribution in [2.45, 2.75) is 0 Å². The van der Waals surface area contributed by atoms with E-state index >= 15 is 0 Å². The molecule has 0 aliphatic carbocycles. The standard InChI is InChI=1S/C24H16Br2N2O6/c1-27-23-20(21(29)22(34-23)14-5-3-7-16(11-14)28(31)32)13-4-2-6-15(10-13)24(30)33-17-8-9-18(25)19(26)12-17/h2-12,27,29H,1H3. The zero-order valence-corrected chi connectivity index (χ0v) is 20.7. The largest absolute Gasteiger partial charge is 0.504 e. The van der Waals surface area contributed by atoms with Crippen molar-refractivity contribution >= 4 is 49.4 Å². The van der Waals surface area contributed by atoms with Crippen molar-refractivity contribution in [3.8, 4) is 33.9 Å². The Hall–Kier alpha value is -3.63. The molecule has 0 fully saturated rings. The van der Waals surface area contributed by atoms with Crippen molar-refractivity contribution in [2.24, 2.45) is 0 Å². The lowest BCUT2D eigenvalue weighted by atomic mass is 10.0. The van der Waals surface area contributed by atoms with E-state index in [9.17, 15) is 20.0 Å². The van der Waals surface area contributed by atoms with Crippen LogP contribution in [0, 0.1) is 10.1 Å². The molecule has 0 unspecified atom stereocenters. The minimum atomic E-state index is -0.580. The Kier molecular flexibility index (Phi) is 6.71. The highest BCUT2D eigenvalue weighted by molar-refractivity contribution is 9.13. The molecule has 0 aliphatic heterocycles. The van der Waals surface area contributed by atoms with Gasteiger partial charge in [-0.25, -0.2) is 4.79 Å². The molecule has 0 saturated heterocycles. The summed E-state index contributed by atoms with van der Waals surface area (Å²) in [6.07, 6.45) is 0. The number of anilines is 1. The van der Waals surface area contributed by atoms with Gasteiger partial charge < -0.3 is 19.6 Å². The number of hydrogen-bond acceptors (Lipinski definition) is 7. The lowest BCUT2D eigenvalue weighted by molar-refractivity contribution is -0.384. The molecular weight excluding hydrogens is 572 g/mol. The third-order valence-electron chi connectivity index (χ3n) is 4.92. The van der Waals surface area contributed by atoms with Gasteiger partial charge in [-0.2, -0.15) is 0 Å². The molecule has 4 aromatic rings. The molecule has 0 spiro atoms. The molecule has 8 nitrogen and oxygen atoms in total. The van der Waals surface area contributed by atoms with E-state index in [1.807, 2.05) is 0 Å². The van der Waals surface area contributed by atoms with Crippen molar-refractivity contribution in [2.75, 3.05) is 12.4 Å². The number of nitro groups is 1. The van der Waals surface area contributed by atoms with E-state index in [0.29, 0.717) is 22.4 Å². The highest BCUT2D eigenvalue weighted by Gasteiger charge is 2.24. The Morgan fingerprint density at radius 3 is 2.47 bits per heavy atom. The van der Waals surface area contributed by atoms with E-state index in [1.54, 1.807) is 55.6 Å². The van der Waals surface area contributed by atoms with Gasteiger partial charge >= 0.3 is 5.97 Å². The van der Waals surface area contributed by atoms with Crippen molar-refractivity contribution in [1.82, 2.24) is 0 Å². The third-order valence-corrected chi connectivity index (χ3v) is 6.80. The Labute approximate surface area is 210 Å². The summed E-state index contributed by atoms with van der Waals surface area (Å²) in [6, 6.07) is 17.4. The number of carbonyl (C=O) groups is 1. The van der Waals surface area contributed by atoms with Crippen LogP contribution in [0.1, 0.15) is 10.4 Å². The highest BCUT2D eigenvalue weighted by Crippen LogP contribution is 2.46. The summed E-state index contributed by atoms with van der Waals surface area (Å²) in [5.41, 5.74) is 1.27. The molecule has 34 heavy (non-hydrogen) atoms. The zero-order chi connectivity index (χ0) is 24.4. The summed E-state index contributed by atoms with van der Waals surface area (Å²) in [5, 5.41) is 25.0. The third kappa shape index (κ3) is 4.68. The average Bonchev–Trinajstić information content (AvgIpc) is 3.17. The van der Waals surface area contributed by atoms with Crippen molar-refractivity contribution in [3.05, 3.63) is 91.4 Å². The molecule has 172 valence electrons. The van der Waals surface area contributed by atoms with Crippen molar-refractivity contribution in [1.29, 1.82) is 0 Å². The smallest absolute Gasteiger partial charge is 0.343 e. The summed E-state index contributed by atoms with van der Waals surface area (Å²) in [4.78, 5) is 23.4. The van der Waals surface area contributed by atoms with Gasteiger partial charge in [0.2, 0.25) is 5.88 Å². The number of hydrogen-bond donors (Lipinski definition) is 2. The van der Waals surface area contributed by atoms with E-state index in [0.717, 1.165) is 8.95 Å². The van der Waals surface area contributed by atoms with Crippen LogP contribution in [0.5, 0.6) is 11.5 Å². The minimum Gasteiger partial charge on any atom is -0.504 e. The fourth-order valence-corrected chi connectivity index (χ4v) is 3.94. The molecule has 0 amide bonds. The molecule has 1 aromatic heterocycles. The van der Waals surface area contributed by atoms with E-state index in [-0.39, 0.29) is 28.6 Å². The van der Waals surface area contributed by atoms with Gasteiger partial charge in [0.1, 0.15) is 5.75 Å². The monoisotopic (exact) mass is 586 g/mol. The van der Waals surface area contributed by atoms with E-state index in [2.05, 4.69) is 37.2 Å². The number of nitrogens with zero attached hydrogens (tertiary/aromatic N) is 1. The van der Waals surface area contributed by atoms with Crippen LogP contribution >= 0.6 is 31.9 Å². The SMILES string of the molecule is CNc1oc(-c2cccc([N+](=O)[O-])c2)c(O)c1-c1cccc(C(=O)Oc2ccc(Br)c(Br)c2)c1. The number of halogens is 2. The topological polar surface area (TPSA) is 115 Å². The van der Waals surface area contributed by atoms with Gasteiger partial charge in [0.05, 0.1) is 16.1 Å². The Morgan fingerprint density at radius 2 is 1.76 bits per heavy atom. The number of non-ortho nitro benzene ring substituents is 1. The first kappa shape index (κ1) is 23.5. The van der Waals surface area contributed by atoms with Crippen LogP contribution < -0.4 is 10.1 Å². The van der Waals surface area contributed by atoms with E-state index in [4.69, 9.17) is 9.15 Å². The van der Waals surface area contributed by atoms with E-state index < -0.39 is 10.9 Å². The molecule has 10 heteroatoms. The van der Waals surface area contributed by atoms with Gasteiger partial charge in [-0.05, 0) is 67.8 Å². The first-order valence-corrected chi connectivity index (χ1v) is 11.4. The van der Waals surface area contributed by atoms with Crippen LogP contribution in [0.4, 0.5) is 11.6 Å². The normalized spacial score (nSPS) is 10.7. The Morgan fingerprint density at radius 1 is 1.03 bits per heavy atom. The second-order valence-corrected chi connectivity index (χ2v) is 8.80. The van der Waals surface area contributed by atoms with Gasteiger partial charge in [-0.3, -0.25) is 10.1 Å². The number of rotatable bonds is 6. The number of furan rings is 1. The first-order valence-electron chi connectivity index (χ1n) is 9.84. The maximum absolute atomic E-state index is 12.7. The van der Waals surface area contributed by atoms with Crippen molar-refractivity contribution in [3.63, 3.8) is 0 Å². The molecule has 0 radical (unpaired) electrons. The number of esters is 1. The fraction of sp³-hybridized carbons (Fsp3) is 0.0417. The molecule has 1 heterocycles. The van der Waals surface area contributed by atoms with Crippen LogP contribution in [0.2, 0.25) is 0 Å². The average molecular weight is 588 g/mol. The van der Waals surface area contributed by atoms with Crippen LogP contribution in [0.3, 0.4) is 0 Å². The van der Waals surface area contributed by atoms with Gasteiger partial charge in [-0.15, -0.1) is 0 Å². The van der Waals surface area contributed by atoms with Gasteiger partial charge in [0.15, 0.2) is 11.5 Å². The molecule has 0 bridgehead atoms. The summed E-state index contributed by atoms with van der Waals surface area (Å²) >= 11 is 6.74. The molecule has 3 aromatic carbocycles.